The highest BCUT2D eigenvalue weighted by atomic mass is 28.4. The zero-order valence-electron chi connectivity index (χ0n) is 16.3. The largest absolute Gasteiger partial charge is 0.407 e. The van der Waals surface area contributed by atoms with E-state index in [2.05, 4.69) is 92.1 Å². The van der Waals surface area contributed by atoms with Crippen LogP contribution in [0, 0.1) is 0 Å². The minimum atomic E-state index is -2.38. The average molecular weight is 369 g/mol. The maximum absolute atomic E-state index is 6.94. The first-order valence-corrected chi connectivity index (χ1v) is 11.6. The zero-order valence-corrected chi connectivity index (χ0v) is 17.3. The lowest BCUT2D eigenvalue weighted by Crippen LogP contribution is -2.66. The smallest absolute Gasteiger partial charge is 0.261 e. The molecule has 1 aliphatic heterocycles. The van der Waals surface area contributed by atoms with E-state index in [1.54, 1.807) is 0 Å². The first kappa shape index (κ1) is 19.3. The second-order valence-electron chi connectivity index (χ2n) is 8.16. The lowest BCUT2D eigenvalue weighted by atomic mass is 10.2. The second-order valence-corrected chi connectivity index (χ2v) is 12.5. The maximum atomic E-state index is 6.94. The van der Waals surface area contributed by atoms with Gasteiger partial charge in [-0.3, -0.25) is 0 Å². The Balaban J connectivity index is 1.92. The molecule has 4 heteroatoms. The fourth-order valence-electron chi connectivity index (χ4n) is 4.03. The molecule has 0 aliphatic carbocycles. The van der Waals surface area contributed by atoms with E-state index in [0.29, 0.717) is 6.04 Å². The molecule has 0 spiro atoms. The summed E-state index contributed by atoms with van der Waals surface area (Å²) in [5.74, 6) is 0. The number of nitrogens with one attached hydrogen (secondary N) is 2. The van der Waals surface area contributed by atoms with Crippen LogP contribution in [-0.2, 0) is 4.43 Å². The van der Waals surface area contributed by atoms with Crippen LogP contribution in [-0.4, -0.2) is 40.6 Å². The number of rotatable bonds is 6. The predicted octanol–water partition coefficient (Wildman–Crippen LogP) is 2.51. The number of piperazine rings is 1. The van der Waals surface area contributed by atoms with Crippen LogP contribution in [0.5, 0.6) is 0 Å². The van der Waals surface area contributed by atoms with E-state index in [1.807, 2.05) is 0 Å². The predicted molar refractivity (Wildman–Crippen MR) is 113 cm³/mol. The molecule has 0 amide bonds. The van der Waals surface area contributed by atoms with Crippen LogP contribution in [0.4, 0.5) is 0 Å². The first-order chi connectivity index (χ1) is 12.5. The van der Waals surface area contributed by atoms with Crippen molar-refractivity contribution in [3.63, 3.8) is 0 Å². The van der Waals surface area contributed by atoms with Gasteiger partial charge >= 0.3 is 0 Å². The summed E-state index contributed by atoms with van der Waals surface area (Å²) in [6, 6.07) is 22.3. The summed E-state index contributed by atoms with van der Waals surface area (Å²) in [5.41, 5.74) is 0. The zero-order chi connectivity index (χ0) is 18.5. The summed E-state index contributed by atoms with van der Waals surface area (Å²) in [5, 5.41) is 9.83. The summed E-state index contributed by atoms with van der Waals surface area (Å²) in [6.45, 7) is 10.9. The van der Waals surface area contributed by atoms with Gasteiger partial charge in [0.1, 0.15) is 0 Å². The van der Waals surface area contributed by atoms with Crippen LogP contribution < -0.4 is 21.0 Å². The number of hydrogen-bond donors (Lipinski definition) is 2. The topological polar surface area (TPSA) is 33.3 Å². The summed E-state index contributed by atoms with van der Waals surface area (Å²) in [7, 11) is -2.38. The summed E-state index contributed by atoms with van der Waals surface area (Å²) < 4.78 is 6.94. The van der Waals surface area contributed by atoms with Crippen molar-refractivity contribution in [3.8, 4) is 0 Å². The molecule has 0 bridgehead atoms. The van der Waals surface area contributed by atoms with Crippen LogP contribution in [0.3, 0.4) is 0 Å². The van der Waals surface area contributed by atoms with Gasteiger partial charge in [-0.05, 0) is 21.8 Å². The third-order valence-corrected chi connectivity index (χ3v) is 10.4. The third kappa shape index (κ3) is 4.09. The van der Waals surface area contributed by atoms with E-state index in [4.69, 9.17) is 4.43 Å². The van der Waals surface area contributed by atoms with Gasteiger partial charge in [0, 0.05) is 32.3 Å². The first-order valence-electron chi connectivity index (χ1n) is 9.73. The lowest BCUT2D eigenvalue weighted by molar-refractivity contribution is 0.260. The van der Waals surface area contributed by atoms with E-state index in [9.17, 15) is 0 Å². The summed E-state index contributed by atoms with van der Waals surface area (Å²) in [6.07, 6.45) is 1.04. The Hall–Kier alpha value is -1.46. The molecular formula is C22H32N2OSi. The summed E-state index contributed by atoms with van der Waals surface area (Å²) >= 11 is 0. The van der Waals surface area contributed by atoms with Crippen molar-refractivity contribution in [1.29, 1.82) is 0 Å². The van der Waals surface area contributed by atoms with Crippen molar-refractivity contribution in [2.75, 3.05) is 26.2 Å². The molecule has 1 fully saturated rings. The Morgan fingerprint density at radius 3 is 1.96 bits per heavy atom. The monoisotopic (exact) mass is 368 g/mol. The van der Waals surface area contributed by atoms with Gasteiger partial charge < -0.3 is 15.1 Å². The molecular weight excluding hydrogens is 336 g/mol. The van der Waals surface area contributed by atoms with E-state index >= 15 is 0 Å². The Kier molecular flexibility index (Phi) is 6.30. The molecule has 1 atom stereocenters. The molecule has 0 saturated carbocycles. The molecule has 140 valence electrons. The summed E-state index contributed by atoms with van der Waals surface area (Å²) in [4.78, 5) is 0. The normalized spacial score (nSPS) is 18.7. The molecule has 2 aromatic carbocycles. The van der Waals surface area contributed by atoms with E-state index in [0.717, 1.165) is 32.7 Å². The van der Waals surface area contributed by atoms with Crippen LogP contribution >= 0.6 is 0 Å². The van der Waals surface area contributed by atoms with E-state index in [1.165, 1.54) is 10.4 Å². The molecule has 2 aromatic rings. The quantitative estimate of drug-likeness (QED) is 0.769. The molecule has 3 nitrogen and oxygen atoms in total. The molecule has 26 heavy (non-hydrogen) atoms. The molecule has 1 aliphatic rings. The van der Waals surface area contributed by atoms with Crippen molar-refractivity contribution in [2.45, 2.75) is 38.3 Å². The molecule has 1 saturated heterocycles. The molecule has 0 unspecified atom stereocenters. The Morgan fingerprint density at radius 2 is 1.50 bits per heavy atom. The van der Waals surface area contributed by atoms with Crippen molar-refractivity contribution in [1.82, 2.24) is 10.6 Å². The lowest BCUT2D eigenvalue weighted by Gasteiger charge is -2.43. The Morgan fingerprint density at radius 1 is 0.923 bits per heavy atom. The molecule has 1 heterocycles. The Bertz CT molecular complexity index is 624. The third-order valence-electron chi connectivity index (χ3n) is 5.33. The SMILES string of the molecule is CC(C)(C)[Si](OCC[C@H]1CNCCN1)(c1ccccc1)c1ccccc1. The average Bonchev–Trinajstić information content (AvgIpc) is 2.66. The van der Waals surface area contributed by atoms with Gasteiger partial charge in [-0.25, -0.2) is 0 Å². The molecule has 0 aromatic heterocycles. The standard InChI is InChI=1S/C22H32N2OSi/c1-22(2,3)26(20-10-6-4-7-11-20,21-12-8-5-9-13-21)25-17-14-19-18-23-15-16-24-19/h4-13,19,23-24H,14-18H2,1-3H3/t19-/m0/s1. The van der Waals surface area contributed by atoms with Crippen LogP contribution in [0.2, 0.25) is 5.04 Å². The molecule has 0 radical (unpaired) electrons. The van der Waals surface area contributed by atoms with Crippen molar-refractivity contribution < 1.29 is 4.43 Å². The van der Waals surface area contributed by atoms with E-state index < -0.39 is 8.32 Å². The highest BCUT2D eigenvalue weighted by molar-refractivity contribution is 6.99. The van der Waals surface area contributed by atoms with Crippen LogP contribution in [0.15, 0.2) is 60.7 Å². The number of benzene rings is 2. The maximum Gasteiger partial charge on any atom is 0.261 e. The van der Waals surface area contributed by atoms with Crippen LogP contribution in [0.25, 0.3) is 0 Å². The van der Waals surface area contributed by atoms with Gasteiger partial charge in [0.15, 0.2) is 0 Å². The van der Waals surface area contributed by atoms with Crippen molar-refractivity contribution in [3.05, 3.63) is 60.7 Å². The Labute approximate surface area is 159 Å². The molecule has 2 N–H and O–H groups in total. The van der Waals surface area contributed by atoms with Gasteiger partial charge in [0.25, 0.3) is 8.32 Å². The fraction of sp³-hybridized carbons (Fsp3) is 0.455. The van der Waals surface area contributed by atoms with Gasteiger partial charge in [-0.15, -0.1) is 0 Å². The molecule has 3 rings (SSSR count). The van der Waals surface area contributed by atoms with Crippen LogP contribution in [0.1, 0.15) is 27.2 Å². The highest BCUT2D eigenvalue weighted by Crippen LogP contribution is 2.36. The fourth-order valence-corrected chi connectivity index (χ4v) is 8.61. The van der Waals surface area contributed by atoms with Gasteiger partial charge in [-0.1, -0.05) is 81.4 Å². The van der Waals surface area contributed by atoms with Gasteiger partial charge in [0.2, 0.25) is 0 Å². The van der Waals surface area contributed by atoms with Gasteiger partial charge in [0.05, 0.1) is 0 Å². The van der Waals surface area contributed by atoms with Crippen molar-refractivity contribution >= 4 is 18.7 Å². The van der Waals surface area contributed by atoms with Gasteiger partial charge in [-0.2, -0.15) is 0 Å². The van der Waals surface area contributed by atoms with E-state index in [-0.39, 0.29) is 5.04 Å². The number of hydrogen-bond acceptors (Lipinski definition) is 3. The minimum absolute atomic E-state index is 0.0496. The van der Waals surface area contributed by atoms with Crippen molar-refractivity contribution in [2.24, 2.45) is 0 Å². The second kappa shape index (κ2) is 8.48. The highest BCUT2D eigenvalue weighted by Gasteiger charge is 2.50. The minimum Gasteiger partial charge on any atom is -0.407 e.